The van der Waals surface area contributed by atoms with Gasteiger partial charge in [0.15, 0.2) is 0 Å². The topological polar surface area (TPSA) is 38.5 Å². The molecule has 1 aliphatic rings. The molecule has 118 valence electrons. The minimum Gasteiger partial charge on any atom is -0.492 e. The quantitative estimate of drug-likeness (QED) is 0.909. The maximum atomic E-state index is 12.4. The van der Waals surface area contributed by atoms with Gasteiger partial charge < -0.3 is 15.4 Å². The molecule has 2 rings (SSSR count). The van der Waals surface area contributed by atoms with Crippen LogP contribution in [-0.2, 0) is 6.18 Å². The van der Waals surface area contributed by atoms with Crippen LogP contribution in [0.25, 0.3) is 0 Å². The second-order valence-electron chi connectivity index (χ2n) is 5.44. The molecule has 6 heteroatoms. The van der Waals surface area contributed by atoms with Crippen LogP contribution in [0.1, 0.15) is 18.9 Å². The first-order valence-electron chi connectivity index (χ1n) is 7.18. The lowest BCUT2D eigenvalue weighted by atomic mass is 10.0. The van der Waals surface area contributed by atoms with Gasteiger partial charge in [-0.1, -0.05) is 6.92 Å². The molecule has 1 fully saturated rings. The first-order chi connectivity index (χ1) is 9.90. The highest BCUT2D eigenvalue weighted by atomic mass is 19.4. The summed E-state index contributed by atoms with van der Waals surface area (Å²) in [5.74, 6) is 0.809. The zero-order valence-electron chi connectivity index (χ0n) is 12.1. The lowest BCUT2D eigenvalue weighted by molar-refractivity contribution is -0.137. The Morgan fingerprint density at radius 1 is 1.33 bits per heavy atom. The first-order valence-corrected chi connectivity index (χ1v) is 7.18. The van der Waals surface area contributed by atoms with Gasteiger partial charge in [0.2, 0.25) is 0 Å². The van der Waals surface area contributed by atoms with Crippen molar-refractivity contribution in [1.29, 1.82) is 0 Å². The van der Waals surface area contributed by atoms with Crippen LogP contribution in [0.15, 0.2) is 24.3 Å². The second-order valence-corrected chi connectivity index (χ2v) is 5.44. The van der Waals surface area contributed by atoms with E-state index in [4.69, 9.17) is 10.5 Å². The van der Waals surface area contributed by atoms with E-state index >= 15 is 0 Å². The van der Waals surface area contributed by atoms with Gasteiger partial charge >= 0.3 is 6.18 Å². The maximum Gasteiger partial charge on any atom is 0.416 e. The summed E-state index contributed by atoms with van der Waals surface area (Å²) in [6.07, 6.45) is -3.27. The van der Waals surface area contributed by atoms with Gasteiger partial charge in [0, 0.05) is 12.6 Å². The number of benzene rings is 1. The van der Waals surface area contributed by atoms with Crippen LogP contribution in [0.3, 0.4) is 0 Å². The van der Waals surface area contributed by atoms with Crippen LogP contribution in [0, 0.1) is 5.92 Å². The molecule has 1 aromatic carbocycles. The molecule has 3 nitrogen and oxygen atoms in total. The van der Waals surface area contributed by atoms with Crippen LogP contribution < -0.4 is 10.5 Å². The number of nitrogens with zero attached hydrogens (tertiary/aromatic N) is 1. The monoisotopic (exact) mass is 302 g/mol. The Bertz CT molecular complexity index is 447. The van der Waals surface area contributed by atoms with Crippen LogP contribution in [0.5, 0.6) is 5.75 Å². The predicted octanol–water partition coefficient (Wildman–Crippen LogP) is 2.75. The zero-order valence-corrected chi connectivity index (χ0v) is 12.1. The van der Waals surface area contributed by atoms with E-state index in [1.54, 1.807) is 0 Å². The number of rotatable bonds is 5. The Balaban J connectivity index is 1.83. The Morgan fingerprint density at radius 2 is 2.00 bits per heavy atom. The summed E-state index contributed by atoms with van der Waals surface area (Å²) in [5, 5.41) is 0. The van der Waals surface area contributed by atoms with E-state index in [1.165, 1.54) is 12.1 Å². The van der Waals surface area contributed by atoms with E-state index in [-0.39, 0.29) is 6.04 Å². The first kappa shape index (κ1) is 16.1. The standard InChI is InChI=1S/C15H21F3N2O/c1-2-20-8-7-11(9-20)14(19)10-21-13-5-3-12(4-6-13)15(16,17)18/h3-6,11,14H,2,7-10,19H2,1H3. The molecule has 0 aliphatic carbocycles. The molecular weight excluding hydrogens is 281 g/mol. The molecular formula is C15H21F3N2O. The second kappa shape index (κ2) is 6.66. The summed E-state index contributed by atoms with van der Waals surface area (Å²) in [7, 11) is 0. The van der Waals surface area contributed by atoms with Crippen molar-refractivity contribution >= 4 is 0 Å². The molecule has 0 saturated carbocycles. The van der Waals surface area contributed by atoms with Gasteiger partial charge in [-0.25, -0.2) is 0 Å². The normalized spacial score (nSPS) is 21.5. The van der Waals surface area contributed by atoms with E-state index in [9.17, 15) is 13.2 Å². The highest BCUT2D eigenvalue weighted by Crippen LogP contribution is 2.30. The molecule has 1 aliphatic heterocycles. The van der Waals surface area contributed by atoms with Gasteiger partial charge in [0.25, 0.3) is 0 Å². The van der Waals surface area contributed by atoms with Gasteiger partial charge in [-0.15, -0.1) is 0 Å². The fourth-order valence-corrected chi connectivity index (χ4v) is 2.57. The van der Waals surface area contributed by atoms with E-state index in [1.807, 2.05) is 0 Å². The summed E-state index contributed by atoms with van der Waals surface area (Å²) in [6, 6.07) is 4.62. The molecule has 2 unspecified atom stereocenters. The molecule has 1 aromatic rings. The summed E-state index contributed by atoms with van der Waals surface area (Å²) in [6.45, 7) is 5.48. The number of nitrogens with two attached hydrogens (primary N) is 1. The lowest BCUT2D eigenvalue weighted by Crippen LogP contribution is -2.37. The largest absolute Gasteiger partial charge is 0.492 e. The van der Waals surface area contributed by atoms with Crippen molar-refractivity contribution in [2.24, 2.45) is 11.7 Å². The summed E-state index contributed by atoms with van der Waals surface area (Å²) < 4.78 is 42.8. The van der Waals surface area contributed by atoms with Gasteiger partial charge in [-0.2, -0.15) is 13.2 Å². The van der Waals surface area contributed by atoms with Crippen LogP contribution >= 0.6 is 0 Å². The summed E-state index contributed by atoms with van der Waals surface area (Å²) in [5.41, 5.74) is 5.44. The molecule has 1 saturated heterocycles. The molecule has 0 amide bonds. The Kier molecular flexibility index (Phi) is 5.11. The van der Waals surface area contributed by atoms with E-state index in [2.05, 4.69) is 11.8 Å². The van der Waals surface area contributed by atoms with E-state index in [0.717, 1.165) is 38.2 Å². The molecule has 21 heavy (non-hydrogen) atoms. The van der Waals surface area contributed by atoms with Crippen LogP contribution in [-0.4, -0.2) is 37.2 Å². The Hall–Kier alpha value is -1.27. The molecule has 1 heterocycles. The minimum atomic E-state index is -4.32. The number of alkyl halides is 3. The van der Waals surface area contributed by atoms with Crippen molar-refractivity contribution in [2.45, 2.75) is 25.6 Å². The fraction of sp³-hybridized carbons (Fsp3) is 0.600. The van der Waals surface area contributed by atoms with E-state index in [0.29, 0.717) is 18.3 Å². The third kappa shape index (κ3) is 4.35. The zero-order chi connectivity index (χ0) is 15.5. The maximum absolute atomic E-state index is 12.4. The highest BCUT2D eigenvalue weighted by molar-refractivity contribution is 5.28. The van der Waals surface area contributed by atoms with Gasteiger partial charge in [-0.05, 0) is 49.7 Å². The van der Waals surface area contributed by atoms with Crippen molar-refractivity contribution in [2.75, 3.05) is 26.2 Å². The minimum absolute atomic E-state index is 0.0937. The Labute approximate surface area is 122 Å². The summed E-state index contributed by atoms with van der Waals surface area (Å²) >= 11 is 0. The molecule has 0 aromatic heterocycles. The third-order valence-electron chi connectivity index (χ3n) is 3.99. The average Bonchev–Trinajstić information content (AvgIpc) is 2.93. The van der Waals surface area contributed by atoms with Crippen molar-refractivity contribution in [3.63, 3.8) is 0 Å². The molecule has 0 bridgehead atoms. The number of hydrogen-bond donors (Lipinski definition) is 1. The van der Waals surface area contributed by atoms with Gasteiger partial charge in [-0.3, -0.25) is 0 Å². The lowest BCUT2D eigenvalue weighted by Gasteiger charge is -2.20. The van der Waals surface area contributed by atoms with Crippen molar-refractivity contribution in [3.05, 3.63) is 29.8 Å². The van der Waals surface area contributed by atoms with Crippen molar-refractivity contribution in [1.82, 2.24) is 4.90 Å². The smallest absolute Gasteiger partial charge is 0.416 e. The SMILES string of the molecule is CCN1CCC(C(N)COc2ccc(C(F)(F)F)cc2)C1. The number of ether oxygens (including phenoxy) is 1. The Morgan fingerprint density at radius 3 is 2.52 bits per heavy atom. The number of hydrogen-bond acceptors (Lipinski definition) is 3. The fourth-order valence-electron chi connectivity index (χ4n) is 2.57. The van der Waals surface area contributed by atoms with E-state index < -0.39 is 11.7 Å². The number of halogens is 3. The van der Waals surface area contributed by atoms with Gasteiger partial charge in [0.05, 0.1) is 5.56 Å². The molecule has 0 spiro atoms. The number of likely N-dealkylation sites (tertiary alicyclic amines) is 1. The highest BCUT2D eigenvalue weighted by Gasteiger charge is 2.30. The van der Waals surface area contributed by atoms with Crippen LogP contribution in [0.4, 0.5) is 13.2 Å². The molecule has 2 N–H and O–H groups in total. The van der Waals surface area contributed by atoms with Gasteiger partial charge in [0.1, 0.15) is 12.4 Å². The predicted molar refractivity (Wildman–Crippen MR) is 75.1 cm³/mol. The molecule has 0 radical (unpaired) electrons. The molecule has 2 atom stereocenters. The van der Waals surface area contributed by atoms with Crippen molar-refractivity contribution in [3.8, 4) is 5.75 Å². The third-order valence-corrected chi connectivity index (χ3v) is 3.99. The summed E-state index contributed by atoms with van der Waals surface area (Å²) in [4.78, 5) is 2.34. The van der Waals surface area contributed by atoms with Crippen LogP contribution in [0.2, 0.25) is 0 Å². The van der Waals surface area contributed by atoms with Crippen molar-refractivity contribution < 1.29 is 17.9 Å². The average molecular weight is 302 g/mol.